The molecule has 0 radical (unpaired) electrons. The van der Waals surface area contributed by atoms with Gasteiger partial charge in [0.1, 0.15) is 5.82 Å². The summed E-state index contributed by atoms with van der Waals surface area (Å²) >= 11 is 0. The fourth-order valence-electron chi connectivity index (χ4n) is 6.53. The smallest absolute Gasteiger partial charge is 0.163 e. The van der Waals surface area contributed by atoms with E-state index in [4.69, 9.17) is 15.0 Å². The van der Waals surface area contributed by atoms with Crippen LogP contribution in [0.2, 0.25) is 0 Å². The highest BCUT2D eigenvalue weighted by molar-refractivity contribution is 5.99. The van der Waals surface area contributed by atoms with E-state index in [1.165, 1.54) is 21.9 Å². The molecule has 4 nitrogen and oxygen atoms in total. The van der Waals surface area contributed by atoms with Crippen molar-refractivity contribution in [3.05, 3.63) is 181 Å². The normalized spacial score (nSPS) is 16.0. The second-order valence-corrected chi connectivity index (χ2v) is 11.9. The maximum atomic E-state index is 5.18. The van der Waals surface area contributed by atoms with Crippen molar-refractivity contribution in [3.8, 4) is 34.0 Å². The third-order valence-electron chi connectivity index (χ3n) is 8.97. The second kappa shape index (κ2) is 12.4. The minimum atomic E-state index is -0.101. The quantitative estimate of drug-likeness (QED) is 0.190. The van der Waals surface area contributed by atoms with Gasteiger partial charge in [-0.2, -0.15) is 0 Å². The molecular formula is C43H32N4. The van der Waals surface area contributed by atoms with Crippen LogP contribution in [0, 0.1) is 5.92 Å². The number of pyridine rings is 1. The van der Waals surface area contributed by atoms with Crippen molar-refractivity contribution in [2.45, 2.75) is 12.8 Å². The Labute approximate surface area is 274 Å². The minimum absolute atomic E-state index is 0.0855. The van der Waals surface area contributed by atoms with E-state index in [1.807, 2.05) is 54.7 Å². The zero-order valence-corrected chi connectivity index (χ0v) is 26.0. The van der Waals surface area contributed by atoms with Crippen LogP contribution in [-0.2, 0) is 0 Å². The SMILES string of the molecule is CC1C(c2cccc(-c3ccccn3)c2)=CC(c2cccc3ccccc23)=CC1c1nc(-c2ccccc2)nc(-c2ccccc2)n1. The molecule has 5 aromatic carbocycles. The van der Waals surface area contributed by atoms with Crippen LogP contribution in [0.15, 0.2) is 164 Å². The standard InChI is InChI=1S/C43H32N4/c1-29-38(33-20-12-21-34(26-33)40-24-10-11-25-44-40)27-35(37-23-13-19-30-14-8-9-22-36(30)37)28-39(29)43-46-41(31-15-4-2-5-16-31)45-42(47-43)32-17-6-3-7-18-32/h2-29,39H,1H3. The van der Waals surface area contributed by atoms with E-state index in [0.717, 1.165) is 39.3 Å². The Bertz CT molecular complexity index is 2190. The van der Waals surface area contributed by atoms with Crippen molar-refractivity contribution in [3.63, 3.8) is 0 Å². The van der Waals surface area contributed by atoms with Crippen LogP contribution in [0.3, 0.4) is 0 Å². The van der Waals surface area contributed by atoms with Crippen LogP contribution >= 0.6 is 0 Å². The van der Waals surface area contributed by atoms with Crippen LogP contribution in [0.1, 0.15) is 29.8 Å². The van der Waals surface area contributed by atoms with Gasteiger partial charge >= 0.3 is 0 Å². The first-order chi connectivity index (χ1) is 23.2. The van der Waals surface area contributed by atoms with E-state index in [2.05, 4.69) is 121 Å². The first-order valence-corrected chi connectivity index (χ1v) is 16.0. The molecule has 2 unspecified atom stereocenters. The highest BCUT2D eigenvalue weighted by Gasteiger charge is 2.30. The van der Waals surface area contributed by atoms with E-state index in [-0.39, 0.29) is 11.8 Å². The van der Waals surface area contributed by atoms with Crippen molar-refractivity contribution in [1.29, 1.82) is 0 Å². The molecule has 2 heterocycles. The average Bonchev–Trinajstić information content (AvgIpc) is 3.15. The van der Waals surface area contributed by atoms with E-state index >= 15 is 0 Å². The summed E-state index contributed by atoms with van der Waals surface area (Å²) in [5.74, 6) is 2.09. The zero-order chi connectivity index (χ0) is 31.6. The van der Waals surface area contributed by atoms with Crippen molar-refractivity contribution in [2.24, 2.45) is 5.92 Å². The molecule has 0 saturated carbocycles. The molecule has 0 bridgehead atoms. The lowest BCUT2D eigenvalue weighted by atomic mass is 9.76. The molecule has 0 N–H and O–H groups in total. The number of hydrogen-bond acceptors (Lipinski definition) is 4. The maximum absolute atomic E-state index is 5.18. The fourth-order valence-corrected chi connectivity index (χ4v) is 6.53. The number of fused-ring (bicyclic) bond motifs is 1. The van der Waals surface area contributed by atoms with Gasteiger partial charge in [0, 0.05) is 28.8 Å². The third kappa shape index (κ3) is 5.66. The number of benzene rings is 5. The number of hydrogen-bond donors (Lipinski definition) is 0. The summed E-state index contributed by atoms with van der Waals surface area (Å²) in [5.41, 5.74) is 8.73. The summed E-state index contributed by atoms with van der Waals surface area (Å²) in [6.45, 7) is 2.29. The molecule has 0 fully saturated rings. The molecule has 1 aliphatic carbocycles. The Balaban J connectivity index is 1.33. The Hall–Kier alpha value is -6.00. The van der Waals surface area contributed by atoms with Gasteiger partial charge < -0.3 is 0 Å². The van der Waals surface area contributed by atoms with Crippen LogP contribution < -0.4 is 0 Å². The topological polar surface area (TPSA) is 51.6 Å². The first-order valence-electron chi connectivity index (χ1n) is 16.0. The Morgan fingerprint density at radius 1 is 0.532 bits per heavy atom. The van der Waals surface area contributed by atoms with E-state index < -0.39 is 0 Å². The summed E-state index contributed by atoms with van der Waals surface area (Å²) in [4.78, 5) is 20.0. The van der Waals surface area contributed by atoms with E-state index in [9.17, 15) is 0 Å². The molecule has 0 saturated heterocycles. The van der Waals surface area contributed by atoms with Gasteiger partial charge in [-0.15, -0.1) is 0 Å². The molecule has 4 heteroatoms. The zero-order valence-electron chi connectivity index (χ0n) is 26.0. The third-order valence-corrected chi connectivity index (χ3v) is 8.97. The summed E-state index contributed by atoms with van der Waals surface area (Å²) in [5, 5.41) is 2.43. The Kier molecular flexibility index (Phi) is 7.52. The van der Waals surface area contributed by atoms with Gasteiger partial charge in [0.25, 0.3) is 0 Å². The summed E-state index contributed by atoms with van der Waals surface area (Å²) in [7, 11) is 0. The molecule has 2 aromatic heterocycles. The van der Waals surface area contributed by atoms with Gasteiger partial charge in [-0.3, -0.25) is 4.98 Å². The Morgan fingerprint density at radius 2 is 1.15 bits per heavy atom. The summed E-state index contributed by atoms with van der Waals surface area (Å²) in [6, 6.07) is 50.3. The molecule has 0 amide bonds. The van der Waals surface area contributed by atoms with Crippen molar-refractivity contribution < 1.29 is 0 Å². The largest absolute Gasteiger partial charge is 0.256 e. The summed E-state index contributed by atoms with van der Waals surface area (Å²) in [6.07, 6.45) is 6.56. The highest BCUT2D eigenvalue weighted by Crippen LogP contribution is 2.44. The lowest BCUT2D eigenvalue weighted by Crippen LogP contribution is -2.18. The molecular weight excluding hydrogens is 573 g/mol. The van der Waals surface area contributed by atoms with Gasteiger partial charge in [0.05, 0.1) is 5.69 Å². The monoisotopic (exact) mass is 604 g/mol. The molecule has 1 aliphatic rings. The number of allylic oxidation sites excluding steroid dienone is 4. The lowest BCUT2D eigenvalue weighted by Gasteiger charge is -2.29. The van der Waals surface area contributed by atoms with Crippen LogP contribution in [0.25, 0.3) is 56.0 Å². The first kappa shape index (κ1) is 28.5. The molecule has 224 valence electrons. The van der Waals surface area contributed by atoms with Gasteiger partial charge in [-0.05, 0) is 57.2 Å². The maximum Gasteiger partial charge on any atom is 0.163 e. The van der Waals surface area contributed by atoms with Gasteiger partial charge in [0.15, 0.2) is 11.6 Å². The highest BCUT2D eigenvalue weighted by atomic mass is 15.0. The van der Waals surface area contributed by atoms with Crippen LogP contribution in [0.5, 0.6) is 0 Å². The van der Waals surface area contributed by atoms with Crippen LogP contribution in [0.4, 0.5) is 0 Å². The number of aromatic nitrogens is 4. The predicted molar refractivity (Wildman–Crippen MR) is 192 cm³/mol. The lowest BCUT2D eigenvalue weighted by molar-refractivity contribution is 0.617. The van der Waals surface area contributed by atoms with Crippen molar-refractivity contribution in [2.75, 3.05) is 0 Å². The summed E-state index contributed by atoms with van der Waals surface area (Å²) < 4.78 is 0. The molecule has 7 aromatic rings. The predicted octanol–water partition coefficient (Wildman–Crippen LogP) is 10.3. The fraction of sp³-hybridized carbons (Fsp3) is 0.0698. The molecule has 0 spiro atoms. The molecule has 47 heavy (non-hydrogen) atoms. The second-order valence-electron chi connectivity index (χ2n) is 11.9. The molecule has 0 aliphatic heterocycles. The Morgan fingerprint density at radius 3 is 1.87 bits per heavy atom. The molecule has 2 atom stereocenters. The van der Waals surface area contributed by atoms with E-state index in [0.29, 0.717) is 11.6 Å². The van der Waals surface area contributed by atoms with Crippen molar-refractivity contribution in [1.82, 2.24) is 19.9 Å². The average molecular weight is 605 g/mol. The van der Waals surface area contributed by atoms with Crippen molar-refractivity contribution >= 4 is 21.9 Å². The van der Waals surface area contributed by atoms with Gasteiger partial charge in [-0.1, -0.05) is 146 Å². The van der Waals surface area contributed by atoms with Crippen LogP contribution in [-0.4, -0.2) is 19.9 Å². The minimum Gasteiger partial charge on any atom is -0.256 e. The van der Waals surface area contributed by atoms with Gasteiger partial charge in [-0.25, -0.2) is 15.0 Å². The molecule has 8 rings (SSSR count). The van der Waals surface area contributed by atoms with E-state index in [1.54, 1.807) is 0 Å². The number of rotatable bonds is 6. The van der Waals surface area contributed by atoms with Gasteiger partial charge in [0.2, 0.25) is 0 Å². The number of nitrogens with zero attached hydrogens (tertiary/aromatic N) is 4.